The molecule has 4 heteroatoms. The van der Waals surface area contributed by atoms with Crippen LogP contribution in [0, 0.1) is 5.82 Å². The molecule has 1 fully saturated rings. The number of likely N-dealkylation sites (N-methyl/N-ethyl adjacent to an activating group) is 1. The molecule has 2 rings (SSSR count). The number of hydrogen-bond donors (Lipinski definition) is 1. The average molecular weight is 265 g/mol. The van der Waals surface area contributed by atoms with E-state index >= 15 is 0 Å². The molecule has 2 unspecified atom stereocenters. The number of nitrogens with two attached hydrogens (primary N) is 1. The highest BCUT2D eigenvalue weighted by atomic mass is 19.1. The van der Waals surface area contributed by atoms with Gasteiger partial charge in [0.05, 0.1) is 5.69 Å². The molecule has 19 heavy (non-hydrogen) atoms. The summed E-state index contributed by atoms with van der Waals surface area (Å²) >= 11 is 0. The summed E-state index contributed by atoms with van der Waals surface area (Å²) in [6.07, 6.45) is 0.724. The minimum atomic E-state index is -0.130. The van der Waals surface area contributed by atoms with Crippen molar-refractivity contribution in [1.82, 2.24) is 4.90 Å². The summed E-state index contributed by atoms with van der Waals surface area (Å²) in [5.74, 6) is -0.130. The molecule has 1 aliphatic heterocycles. The lowest BCUT2D eigenvalue weighted by atomic mass is 10.0. The fraction of sp³-hybridized carbons (Fsp3) is 0.600. The van der Waals surface area contributed by atoms with Gasteiger partial charge in [0.15, 0.2) is 0 Å². The molecule has 106 valence electrons. The first-order valence-corrected chi connectivity index (χ1v) is 6.99. The van der Waals surface area contributed by atoms with Crippen LogP contribution in [0.3, 0.4) is 0 Å². The van der Waals surface area contributed by atoms with Gasteiger partial charge in [0, 0.05) is 25.2 Å². The zero-order valence-electron chi connectivity index (χ0n) is 12.1. The summed E-state index contributed by atoms with van der Waals surface area (Å²) in [7, 11) is 2.13. The number of hydrogen-bond acceptors (Lipinski definition) is 3. The number of nitrogens with zero attached hydrogens (tertiary/aromatic N) is 2. The smallest absolute Gasteiger partial charge is 0.146 e. The highest BCUT2D eigenvalue weighted by Crippen LogP contribution is 2.28. The Bertz CT molecular complexity index is 423. The maximum atomic E-state index is 14.2. The van der Waals surface area contributed by atoms with Crippen molar-refractivity contribution in [2.24, 2.45) is 5.73 Å². The van der Waals surface area contributed by atoms with Crippen molar-refractivity contribution in [1.29, 1.82) is 0 Å². The zero-order chi connectivity index (χ0) is 14.0. The molecular formula is C15H24FN3. The fourth-order valence-corrected chi connectivity index (χ4v) is 2.86. The van der Waals surface area contributed by atoms with Gasteiger partial charge in [-0.3, -0.25) is 4.90 Å². The number of piperazine rings is 1. The number of rotatable bonds is 3. The van der Waals surface area contributed by atoms with Crippen LogP contribution in [0.1, 0.15) is 19.4 Å². The molecule has 3 nitrogen and oxygen atoms in total. The van der Waals surface area contributed by atoms with Crippen LogP contribution in [0.15, 0.2) is 18.2 Å². The van der Waals surface area contributed by atoms with E-state index in [4.69, 9.17) is 5.73 Å². The van der Waals surface area contributed by atoms with Gasteiger partial charge in [0.1, 0.15) is 5.82 Å². The lowest BCUT2D eigenvalue weighted by Gasteiger charge is -2.44. The SMILES string of the molecule is CC1CN(c2c(F)cccc2CCN)CC(C)N1C. The second kappa shape index (κ2) is 5.88. The molecule has 0 bridgehead atoms. The summed E-state index contributed by atoms with van der Waals surface area (Å²) in [6.45, 7) is 6.65. The highest BCUT2D eigenvalue weighted by molar-refractivity contribution is 5.55. The molecule has 1 aromatic rings. The molecule has 0 aromatic heterocycles. The van der Waals surface area contributed by atoms with Crippen molar-refractivity contribution >= 4 is 5.69 Å². The molecule has 1 aliphatic rings. The van der Waals surface area contributed by atoms with Gasteiger partial charge in [0.25, 0.3) is 0 Å². The van der Waals surface area contributed by atoms with Crippen molar-refractivity contribution in [3.05, 3.63) is 29.6 Å². The predicted octanol–water partition coefficient (Wildman–Crippen LogP) is 1.86. The van der Waals surface area contributed by atoms with E-state index < -0.39 is 0 Å². The van der Waals surface area contributed by atoms with Crippen molar-refractivity contribution < 1.29 is 4.39 Å². The number of para-hydroxylation sites is 1. The Hall–Kier alpha value is -1.13. The van der Waals surface area contributed by atoms with Crippen molar-refractivity contribution in [3.63, 3.8) is 0 Å². The number of halogens is 1. The van der Waals surface area contributed by atoms with Gasteiger partial charge in [-0.25, -0.2) is 4.39 Å². The molecule has 0 spiro atoms. The van der Waals surface area contributed by atoms with Gasteiger partial charge in [-0.05, 0) is 45.5 Å². The highest BCUT2D eigenvalue weighted by Gasteiger charge is 2.28. The van der Waals surface area contributed by atoms with Crippen LogP contribution in [0.4, 0.5) is 10.1 Å². The standard InChI is InChI=1S/C15H24FN3/c1-11-9-19(10-12(2)18(11)3)15-13(7-8-17)5-4-6-14(15)16/h4-6,11-12H,7-10,17H2,1-3H3. The minimum Gasteiger partial charge on any atom is -0.366 e. The average Bonchev–Trinajstić information content (AvgIpc) is 2.36. The first kappa shape index (κ1) is 14.3. The van der Waals surface area contributed by atoms with E-state index in [1.807, 2.05) is 6.07 Å². The molecule has 1 aromatic carbocycles. The van der Waals surface area contributed by atoms with Crippen LogP contribution in [0.25, 0.3) is 0 Å². The maximum absolute atomic E-state index is 14.2. The molecule has 1 heterocycles. The first-order chi connectivity index (χ1) is 9.04. The van der Waals surface area contributed by atoms with Gasteiger partial charge >= 0.3 is 0 Å². The molecule has 0 amide bonds. The van der Waals surface area contributed by atoms with Gasteiger partial charge < -0.3 is 10.6 Å². The van der Waals surface area contributed by atoms with Crippen LogP contribution in [-0.2, 0) is 6.42 Å². The first-order valence-electron chi connectivity index (χ1n) is 6.99. The monoisotopic (exact) mass is 265 g/mol. The van der Waals surface area contributed by atoms with Crippen LogP contribution >= 0.6 is 0 Å². The number of benzene rings is 1. The van der Waals surface area contributed by atoms with E-state index in [0.717, 1.165) is 30.8 Å². The van der Waals surface area contributed by atoms with Gasteiger partial charge in [-0.15, -0.1) is 0 Å². The van der Waals surface area contributed by atoms with E-state index in [1.165, 1.54) is 0 Å². The Morgan fingerprint density at radius 3 is 2.47 bits per heavy atom. The van der Waals surface area contributed by atoms with Gasteiger partial charge in [0.2, 0.25) is 0 Å². The minimum absolute atomic E-state index is 0.130. The summed E-state index contributed by atoms with van der Waals surface area (Å²) in [5, 5.41) is 0. The van der Waals surface area contributed by atoms with Crippen LogP contribution in [0.2, 0.25) is 0 Å². The third kappa shape index (κ3) is 2.90. The quantitative estimate of drug-likeness (QED) is 0.905. The second-order valence-corrected chi connectivity index (χ2v) is 5.55. The van der Waals surface area contributed by atoms with E-state index in [-0.39, 0.29) is 5.82 Å². The van der Waals surface area contributed by atoms with Crippen LogP contribution < -0.4 is 10.6 Å². The predicted molar refractivity (Wildman–Crippen MR) is 78.1 cm³/mol. The molecule has 1 saturated heterocycles. The summed E-state index contributed by atoms with van der Waals surface area (Å²) < 4.78 is 14.2. The van der Waals surface area contributed by atoms with Crippen molar-refractivity contribution in [3.8, 4) is 0 Å². The Labute approximate surface area is 115 Å². The lowest BCUT2D eigenvalue weighted by Crippen LogP contribution is -2.55. The molecule has 0 saturated carbocycles. The largest absolute Gasteiger partial charge is 0.366 e. The van der Waals surface area contributed by atoms with Crippen LogP contribution in [-0.4, -0.2) is 43.7 Å². The van der Waals surface area contributed by atoms with E-state index in [2.05, 4.69) is 30.7 Å². The van der Waals surface area contributed by atoms with Gasteiger partial charge in [-0.1, -0.05) is 12.1 Å². The third-order valence-corrected chi connectivity index (χ3v) is 4.16. The summed E-state index contributed by atoms with van der Waals surface area (Å²) in [4.78, 5) is 4.52. The van der Waals surface area contributed by atoms with Gasteiger partial charge in [-0.2, -0.15) is 0 Å². The summed E-state index contributed by atoms with van der Waals surface area (Å²) in [6, 6.07) is 6.15. The van der Waals surface area contributed by atoms with E-state index in [1.54, 1.807) is 12.1 Å². The van der Waals surface area contributed by atoms with Crippen molar-refractivity contribution in [2.45, 2.75) is 32.4 Å². The Balaban J connectivity index is 2.31. The van der Waals surface area contributed by atoms with E-state index in [0.29, 0.717) is 18.6 Å². The molecular weight excluding hydrogens is 241 g/mol. The molecule has 0 radical (unpaired) electrons. The Morgan fingerprint density at radius 1 is 1.26 bits per heavy atom. The summed E-state index contributed by atoms with van der Waals surface area (Å²) in [5.41, 5.74) is 7.41. The third-order valence-electron chi connectivity index (χ3n) is 4.16. The second-order valence-electron chi connectivity index (χ2n) is 5.55. The zero-order valence-corrected chi connectivity index (χ0v) is 12.1. The Kier molecular flexibility index (Phi) is 4.42. The topological polar surface area (TPSA) is 32.5 Å². The lowest BCUT2D eigenvalue weighted by molar-refractivity contribution is 0.169. The van der Waals surface area contributed by atoms with E-state index in [9.17, 15) is 4.39 Å². The fourth-order valence-electron chi connectivity index (χ4n) is 2.86. The number of anilines is 1. The molecule has 2 atom stereocenters. The maximum Gasteiger partial charge on any atom is 0.146 e. The normalized spacial score (nSPS) is 24.8. The van der Waals surface area contributed by atoms with Crippen molar-refractivity contribution in [2.75, 3.05) is 31.6 Å². The molecule has 2 N–H and O–H groups in total. The molecule has 0 aliphatic carbocycles. The van der Waals surface area contributed by atoms with Crippen LogP contribution in [0.5, 0.6) is 0 Å². The Morgan fingerprint density at radius 2 is 1.89 bits per heavy atom.